The molecule has 0 bridgehead atoms. The number of aliphatic hydroxyl groups excluding tert-OH is 1. The summed E-state index contributed by atoms with van der Waals surface area (Å²) in [5.41, 5.74) is 7.88. The van der Waals surface area contributed by atoms with Crippen molar-refractivity contribution in [1.29, 1.82) is 0 Å². The van der Waals surface area contributed by atoms with Crippen molar-refractivity contribution >= 4 is 34.1 Å². The Labute approximate surface area is 544 Å². The van der Waals surface area contributed by atoms with Gasteiger partial charge in [-0.3, -0.25) is 61.6 Å². The van der Waals surface area contributed by atoms with Crippen LogP contribution < -0.4 is 88.1 Å². The molecular formula is C68H104I2N8O7. The lowest BCUT2D eigenvalue weighted by Gasteiger charge is -2.35. The Morgan fingerprint density at radius 2 is 0.365 bits per heavy atom. The van der Waals surface area contributed by atoms with Crippen LogP contribution in [-0.2, 0) is 39.3 Å². The molecule has 0 aliphatic heterocycles. The summed E-state index contributed by atoms with van der Waals surface area (Å²) in [6, 6.07) is 47.7. The maximum absolute atomic E-state index is 11.1. The van der Waals surface area contributed by atoms with E-state index < -0.39 is 33.2 Å². The Kier molecular flexibility index (Phi) is 29.1. The monoisotopic (exact) mass is 1400 g/mol. The Morgan fingerprint density at radius 3 is 0.471 bits per heavy atom. The first-order chi connectivity index (χ1) is 38.4. The predicted octanol–water partition coefficient (Wildman–Crippen LogP) is 6.92. The van der Waals surface area contributed by atoms with Gasteiger partial charge >= 0.3 is 0 Å². The van der Waals surface area contributed by atoms with Crippen LogP contribution in [0.2, 0.25) is 0 Å². The average molecular weight is 1400 g/mol. The molecule has 6 aromatic rings. The molecule has 0 fully saturated rings. The summed E-state index contributed by atoms with van der Waals surface area (Å²) >= 11 is 0. The van der Waals surface area contributed by atoms with E-state index in [-0.39, 0.29) is 54.6 Å². The minimum atomic E-state index is -0.469. The molecule has 9 N–H and O–H groups in total. The molecule has 15 nitrogen and oxygen atoms in total. The van der Waals surface area contributed by atoms with E-state index in [4.69, 9.17) is 5.11 Å². The first-order valence-corrected chi connectivity index (χ1v) is 29.1. The molecule has 0 amide bonds. The van der Waals surface area contributed by atoms with Gasteiger partial charge in [0.25, 0.3) is 0 Å². The van der Waals surface area contributed by atoms with Gasteiger partial charge in [-0.1, -0.05) is 109 Å². The lowest BCUT2D eigenvalue weighted by molar-refractivity contribution is -0.941. The van der Waals surface area contributed by atoms with Crippen LogP contribution in [0.25, 0.3) is 0 Å². The molecule has 0 radical (unpaired) electrons. The smallest absolute Gasteiger partial charge is 0.105 e. The molecule has 0 saturated heterocycles. The van der Waals surface area contributed by atoms with Crippen LogP contribution >= 0.6 is 0 Å². The Morgan fingerprint density at radius 1 is 0.259 bits per heavy atom. The fourth-order valence-corrected chi connectivity index (χ4v) is 9.36. The summed E-state index contributed by atoms with van der Waals surface area (Å²) < 4.78 is 0. The first-order valence-electron chi connectivity index (χ1n) is 29.1. The number of quaternary nitrogens is 2. The van der Waals surface area contributed by atoms with Crippen LogP contribution in [0.3, 0.4) is 0 Å². The van der Waals surface area contributed by atoms with Gasteiger partial charge in [-0.05, 0) is 168 Å². The zero-order valence-corrected chi connectivity index (χ0v) is 58.7. The van der Waals surface area contributed by atoms with Gasteiger partial charge in [0, 0.05) is 40.0 Å². The third-order valence-corrected chi connectivity index (χ3v) is 13.8. The van der Waals surface area contributed by atoms with Crippen molar-refractivity contribution in [3.8, 4) is 0 Å². The molecule has 472 valence electrons. The molecule has 0 aliphatic rings. The second kappa shape index (κ2) is 32.4. The number of nitrogens with zero attached hydrogens (tertiary/aromatic N) is 6. The quantitative estimate of drug-likeness (QED) is 0.0322. The highest BCUT2D eigenvalue weighted by Crippen LogP contribution is 2.32. The number of anilines is 6. The summed E-state index contributed by atoms with van der Waals surface area (Å²) in [4.78, 5) is 2.39. The normalized spacial score (nSPS) is 12.0. The van der Waals surface area contributed by atoms with Gasteiger partial charge < -0.3 is 62.9 Å². The number of hydroxylamine groups is 6. The van der Waals surface area contributed by atoms with Crippen LogP contribution in [0.5, 0.6) is 0 Å². The third-order valence-electron chi connectivity index (χ3n) is 13.8. The second-order valence-electron chi connectivity index (χ2n) is 27.5. The van der Waals surface area contributed by atoms with E-state index in [0.29, 0.717) is 39.3 Å². The molecule has 0 aliphatic carbocycles. The lowest BCUT2D eigenvalue weighted by atomic mass is 10.0. The minimum Gasteiger partial charge on any atom is -1.00 e. The van der Waals surface area contributed by atoms with Gasteiger partial charge in [0.1, 0.15) is 39.3 Å². The predicted molar refractivity (Wildman–Crippen MR) is 340 cm³/mol. The topological polar surface area (TPSA) is 170 Å². The standard InChI is InChI=1S/2C33H48N4O3.C2H6O.2HI/c2*1-31(2,3)35(38)28-19-13-10-16-25(28)22-34(23-26-17-11-14-20-29(26)36(39)32(4,5)6)24-27-18-12-15-21-30(27)37(40)33(7,8)9;1-2-3;;/h2*10-21,38-40H,22-24H2,1-9H3;3H,2H2,1H3;2*1H. The molecule has 0 spiro atoms. The van der Waals surface area contributed by atoms with Crippen molar-refractivity contribution in [3.05, 3.63) is 179 Å². The summed E-state index contributed by atoms with van der Waals surface area (Å²) in [5, 5.41) is 82.1. The van der Waals surface area contributed by atoms with Crippen LogP contribution in [0.4, 0.5) is 34.1 Å². The summed E-state index contributed by atoms with van der Waals surface area (Å²) in [5.74, 6) is 0. The number of aliphatic hydroxyl groups is 1. The van der Waals surface area contributed by atoms with Crippen molar-refractivity contribution < 1.29 is 94.1 Å². The van der Waals surface area contributed by atoms with Crippen molar-refractivity contribution in [2.24, 2.45) is 0 Å². The van der Waals surface area contributed by atoms with Crippen LogP contribution in [0.15, 0.2) is 146 Å². The van der Waals surface area contributed by atoms with E-state index in [1.807, 2.05) is 234 Å². The molecule has 6 rings (SSSR count). The van der Waals surface area contributed by atoms with E-state index in [9.17, 15) is 31.2 Å². The Bertz CT molecular complexity index is 2440. The number of hydrogen-bond acceptors (Lipinski definition) is 13. The Hall–Kier alpha value is -4.78. The summed E-state index contributed by atoms with van der Waals surface area (Å²) in [7, 11) is 0. The molecule has 0 unspecified atom stereocenters. The maximum atomic E-state index is 11.1. The van der Waals surface area contributed by atoms with Crippen molar-refractivity contribution in [1.82, 2.24) is 0 Å². The average Bonchev–Trinajstić information content (AvgIpc) is 3.54. The van der Waals surface area contributed by atoms with Gasteiger partial charge in [0.2, 0.25) is 0 Å². The van der Waals surface area contributed by atoms with Crippen molar-refractivity contribution in [2.45, 2.75) is 204 Å². The van der Waals surface area contributed by atoms with Crippen LogP contribution in [-0.4, -0.2) is 76.2 Å². The number of halogens is 2. The van der Waals surface area contributed by atoms with Crippen LogP contribution in [0.1, 0.15) is 165 Å². The van der Waals surface area contributed by atoms with Gasteiger partial charge in [-0.15, -0.1) is 0 Å². The molecule has 17 heteroatoms. The molecule has 0 saturated carbocycles. The zero-order chi connectivity index (χ0) is 62.5. The van der Waals surface area contributed by atoms with Crippen molar-refractivity contribution in [2.75, 3.05) is 37.0 Å². The van der Waals surface area contributed by atoms with E-state index in [0.717, 1.165) is 67.5 Å². The highest BCUT2D eigenvalue weighted by molar-refractivity contribution is 5.57. The lowest BCUT2D eigenvalue weighted by Crippen LogP contribution is -3.08. The summed E-state index contributed by atoms with van der Waals surface area (Å²) in [6.45, 7) is 41.2. The number of para-hydroxylation sites is 6. The fourth-order valence-electron chi connectivity index (χ4n) is 9.36. The van der Waals surface area contributed by atoms with Crippen molar-refractivity contribution in [3.63, 3.8) is 0 Å². The van der Waals surface area contributed by atoms with Crippen LogP contribution in [0, 0.1) is 0 Å². The first kappa shape index (κ1) is 76.3. The molecular weight excluding hydrogens is 1290 g/mol. The third kappa shape index (κ3) is 22.4. The highest BCUT2D eigenvalue weighted by Gasteiger charge is 2.31. The molecule has 0 atom stereocenters. The molecule has 6 aromatic carbocycles. The fraction of sp³-hybridized carbons (Fsp3) is 0.471. The SMILES string of the molecule is CC(C)(C)N(O)c1ccccc1C[NH+](Cc1ccccc1N(O)C(C)(C)C)Cc1ccccc1N(O)C(C)(C)C.CC(C)(C)N(O)c1ccccc1C[NH+](Cc1ccccc1N(O)C(C)(C)C)Cc1ccccc1N(O)C(C)(C)C.CCO.[I-].[I-]. The molecule has 85 heavy (non-hydrogen) atoms. The Balaban J connectivity index is 0.000000542. The number of benzene rings is 6. The molecule has 0 heterocycles. The second-order valence-corrected chi connectivity index (χ2v) is 27.5. The van der Waals surface area contributed by atoms with E-state index in [1.165, 1.54) is 40.2 Å². The van der Waals surface area contributed by atoms with E-state index in [2.05, 4.69) is 36.4 Å². The largest absolute Gasteiger partial charge is 1.00 e. The van der Waals surface area contributed by atoms with Gasteiger partial charge in [-0.2, -0.15) is 0 Å². The zero-order valence-electron chi connectivity index (χ0n) is 54.4. The van der Waals surface area contributed by atoms with E-state index >= 15 is 0 Å². The highest BCUT2D eigenvalue weighted by atomic mass is 127. The van der Waals surface area contributed by atoms with Gasteiger partial charge in [0.05, 0.1) is 67.4 Å². The number of rotatable bonds is 18. The maximum Gasteiger partial charge on any atom is 0.105 e. The number of hydrogen-bond donors (Lipinski definition) is 9. The number of nitrogens with one attached hydrogen (secondary N) is 2. The van der Waals surface area contributed by atoms with Gasteiger partial charge in [0.15, 0.2) is 0 Å². The van der Waals surface area contributed by atoms with E-state index in [1.54, 1.807) is 6.92 Å². The van der Waals surface area contributed by atoms with Gasteiger partial charge in [-0.25, -0.2) is 0 Å². The summed E-state index contributed by atoms with van der Waals surface area (Å²) in [6.07, 6.45) is 0. The minimum absolute atomic E-state index is 0. The molecule has 0 aromatic heterocycles.